The van der Waals surface area contributed by atoms with E-state index >= 15 is 0 Å². The zero-order valence-electron chi connectivity index (χ0n) is 20.1. The number of likely N-dealkylation sites (tertiary alicyclic amines) is 1. The summed E-state index contributed by atoms with van der Waals surface area (Å²) in [6.07, 6.45) is 4.36. The maximum absolute atomic E-state index is 12.8. The van der Waals surface area contributed by atoms with Gasteiger partial charge in [-0.3, -0.25) is 9.59 Å². The summed E-state index contributed by atoms with van der Waals surface area (Å²) in [5.41, 5.74) is 4.01. The molecule has 3 aromatic rings. The monoisotopic (exact) mass is 469 g/mol. The normalized spacial score (nSPS) is 18.5. The van der Waals surface area contributed by atoms with Crippen molar-refractivity contribution >= 4 is 23.3 Å². The van der Waals surface area contributed by atoms with Crippen molar-refractivity contribution < 1.29 is 9.59 Å². The fourth-order valence-corrected chi connectivity index (χ4v) is 5.02. The minimum atomic E-state index is -0.0629. The number of hydrogen-bond acceptors (Lipinski definition) is 5. The summed E-state index contributed by atoms with van der Waals surface area (Å²) in [5.74, 6) is 1.35. The Balaban J connectivity index is 1.12. The molecule has 2 amide bonds. The Morgan fingerprint density at radius 2 is 1.66 bits per heavy atom. The number of hydrogen-bond donors (Lipinski definition) is 1. The molecule has 0 radical (unpaired) electrons. The first-order chi connectivity index (χ1) is 17.1. The van der Waals surface area contributed by atoms with Gasteiger partial charge < -0.3 is 15.1 Å². The standard InChI is InChI=1S/C28H31N5O2/c1-20-4-6-23(7-5-20)28(35)32-16-12-22(13-17-32)21-8-10-25(11-9-21)30-27(34)24-14-18-33(19-24)26-3-2-15-29-31-26/h2-11,15,22,24H,12-14,16-19H2,1H3,(H,30,34). The van der Waals surface area contributed by atoms with Crippen LogP contribution < -0.4 is 10.2 Å². The molecular formula is C28H31N5O2. The molecule has 2 aliphatic heterocycles. The molecule has 5 rings (SSSR count). The van der Waals surface area contributed by atoms with Crippen molar-refractivity contribution in [1.82, 2.24) is 15.1 Å². The van der Waals surface area contributed by atoms with Crippen LogP contribution >= 0.6 is 0 Å². The molecule has 0 bridgehead atoms. The number of aromatic nitrogens is 2. The van der Waals surface area contributed by atoms with Gasteiger partial charge in [-0.05, 0) is 74.1 Å². The summed E-state index contributed by atoms with van der Waals surface area (Å²) in [7, 11) is 0. The summed E-state index contributed by atoms with van der Waals surface area (Å²) in [6, 6.07) is 19.8. The van der Waals surface area contributed by atoms with Gasteiger partial charge in [-0.2, -0.15) is 5.10 Å². The Bertz CT molecular complexity index is 1160. The zero-order valence-corrected chi connectivity index (χ0v) is 20.1. The van der Waals surface area contributed by atoms with E-state index in [0.717, 1.165) is 61.5 Å². The van der Waals surface area contributed by atoms with Gasteiger partial charge in [0, 0.05) is 43.6 Å². The van der Waals surface area contributed by atoms with Crippen LogP contribution in [0.2, 0.25) is 0 Å². The molecule has 2 aromatic carbocycles. The van der Waals surface area contributed by atoms with Crippen molar-refractivity contribution in [3.8, 4) is 0 Å². The van der Waals surface area contributed by atoms with Crippen molar-refractivity contribution in [2.75, 3.05) is 36.4 Å². The molecule has 2 aliphatic rings. The lowest BCUT2D eigenvalue weighted by Gasteiger charge is -2.32. The van der Waals surface area contributed by atoms with Crippen LogP contribution in [-0.4, -0.2) is 53.1 Å². The molecule has 1 unspecified atom stereocenters. The van der Waals surface area contributed by atoms with E-state index in [1.165, 1.54) is 5.56 Å². The van der Waals surface area contributed by atoms with E-state index in [4.69, 9.17) is 0 Å². The van der Waals surface area contributed by atoms with E-state index in [0.29, 0.717) is 12.5 Å². The molecule has 7 nitrogen and oxygen atoms in total. The molecule has 1 atom stereocenters. The number of aryl methyl sites for hydroxylation is 1. The number of piperidine rings is 1. The molecule has 180 valence electrons. The van der Waals surface area contributed by atoms with Crippen LogP contribution in [0.5, 0.6) is 0 Å². The van der Waals surface area contributed by atoms with E-state index in [-0.39, 0.29) is 17.7 Å². The fourth-order valence-electron chi connectivity index (χ4n) is 5.02. The maximum atomic E-state index is 12.8. The molecule has 1 N–H and O–H groups in total. The van der Waals surface area contributed by atoms with Gasteiger partial charge in [0.05, 0.1) is 5.92 Å². The number of carbonyl (C=O) groups excluding carboxylic acids is 2. The topological polar surface area (TPSA) is 78.4 Å². The smallest absolute Gasteiger partial charge is 0.253 e. The minimum Gasteiger partial charge on any atom is -0.354 e. The van der Waals surface area contributed by atoms with Crippen molar-refractivity contribution in [2.24, 2.45) is 5.92 Å². The highest BCUT2D eigenvalue weighted by molar-refractivity contribution is 5.94. The fraction of sp³-hybridized carbons (Fsp3) is 0.357. The van der Waals surface area contributed by atoms with Crippen LogP contribution in [0.25, 0.3) is 0 Å². The van der Waals surface area contributed by atoms with Crippen molar-refractivity contribution in [3.05, 3.63) is 83.6 Å². The van der Waals surface area contributed by atoms with E-state index in [9.17, 15) is 9.59 Å². The first kappa shape index (κ1) is 23.0. The highest BCUT2D eigenvalue weighted by atomic mass is 16.2. The molecular weight excluding hydrogens is 438 g/mol. The van der Waals surface area contributed by atoms with Gasteiger partial charge in [-0.15, -0.1) is 5.10 Å². The quantitative estimate of drug-likeness (QED) is 0.604. The summed E-state index contributed by atoms with van der Waals surface area (Å²) in [4.78, 5) is 29.7. The highest BCUT2D eigenvalue weighted by Crippen LogP contribution is 2.30. The summed E-state index contributed by atoms with van der Waals surface area (Å²) >= 11 is 0. The third-order valence-electron chi connectivity index (χ3n) is 7.17. The molecule has 2 fully saturated rings. The van der Waals surface area contributed by atoms with Crippen LogP contribution in [0, 0.1) is 12.8 Å². The Hall–Kier alpha value is -3.74. The predicted molar refractivity (Wildman–Crippen MR) is 136 cm³/mol. The van der Waals surface area contributed by atoms with Crippen LogP contribution in [0.3, 0.4) is 0 Å². The average Bonchev–Trinajstić information content (AvgIpc) is 3.41. The Morgan fingerprint density at radius 3 is 2.34 bits per heavy atom. The van der Waals surface area contributed by atoms with Gasteiger partial charge in [0.15, 0.2) is 5.82 Å². The van der Waals surface area contributed by atoms with Crippen LogP contribution in [0.15, 0.2) is 66.9 Å². The van der Waals surface area contributed by atoms with Gasteiger partial charge in [0.2, 0.25) is 5.91 Å². The second-order valence-electron chi connectivity index (χ2n) is 9.56. The number of carbonyl (C=O) groups is 2. The predicted octanol–water partition coefficient (Wildman–Crippen LogP) is 4.27. The number of rotatable bonds is 5. The summed E-state index contributed by atoms with van der Waals surface area (Å²) in [5, 5.41) is 11.2. The van der Waals surface area contributed by atoms with Crippen molar-refractivity contribution in [2.45, 2.75) is 32.1 Å². The first-order valence-electron chi connectivity index (χ1n) is 12.4. The molecule has 0 spiro atoms. The highest BCUT2D eigenvalue weighted by Gasteiger charge is 2.29. The lowest BCUT2D eigenvalue weighted by Crippen LogP contribution is -2.37. The second kappa shape index (κ2) is 10.3. The van der Waals surface area contributed by atoms with Gasteiger partial charge in [0.25, 0.3) is 5.91 Å². The number of amides is 2. The minimum absolute atomic E-state index is 0.0482. The third-order valence-corrected chi connectivity index (χ3v) is 7.17. The molecule has 7 heteroatoms. The van der Waals surface area contributed by atoms with Crippen molar-refractivity contribution in [3.63, 3.8) is 0 Å². The maximum Gasteiger partial charge on any atom is 0.253 e. The van der Waals surface area contributed by atoms with Crippen LogP contribution in [0.1, 0.15) is 46.7 Å². The molecule has 1 aromatic heterocycles. The van der Waals surface area contributed by atoms with Gasteiger partial charge in [0.1, 0.15) is 0 Å². The zero-order chi connectivity index (χ0) is 24.2. The van der Waals surface area contributed by atoms with Gasteiger partial charge in [-0.25, -0.2) is 0 Å². The Kier molecular flexibility index (Phi) is 6.75. The molecule has 35 heavy (non-hydrogen) atoms. The lowest BCUT2D eigenvalue weighted by molar-refractivity contribution is -0.119. The Morgan fingerprint density at radius 1 is 0.914 bits per heavy atom. The average molecular weight is 470 g/mol. The molecule has 3 heterocycles. The SMILES string of the molecule is Cc1ccc(C(=O)N2CCC(c3ccc(NC(=O)C4CCN(c5cccnn5)C4)cc3)CC2)cc1. The largest absolute Gasteiger partial charge is 0.354 e. The summed E-state index contributed by atoms with van der Waals surface area (Å²) < 4.78 is 0. The summed E-state index contributed by atoms with van der Waals surface area (Å²) in [6.45, 7) is 5.02. The number of nitrogens with one attached hydrogen (secondary N) is 1. The number of benzene rings is 2. The van der Waals surface area contributed by atoms with Crippen LogP contribution in [0.4, 0.5) is 11.5 Å². The second-order valence-corrected chi connectivity index (χ2v) is 9.56. The molecule has 0 saturated carbocycles. The molecule has 2 saturated heterocycles. The van der Waals surface area contributed by atoms with E-state index in [2.05, 4.69) is 32.5 Å². The van der Waals surface area contributed by atoms with E-state index in [1.54, 1.807) is 6.20 Å². The van der Waals surface area contributed by atoms with E-state index < -0.39 is 0 Å². The lowest BCUT2D eigenvalue weighted by atomic mass is 9.89. The van der Waals surface area contributed by atoms with Gasteiger partial charge in [-0.1, -0.05) is 29.8 Å². The van der Waals surface area contributed by atoms with Gasteiger partial charge >= 0.3 is 0 Å². The van der Waals surface area contributed by atoms with E-state index in [1.807, 2.05) is 60.4 Å². The first-order valence-corrected chi connectivity index (χ1v) is 12.4. The van der Waals surface area contributed by atoms with Crippen molar-refractivity contribution in [1.29, 1.82) is 0 Å². The third kappa shape index (κ3) is 5.34. The number of nitrogens with zero attached hydrogens (tertiary/aromatic N) is 4. The Labute approximate surface area is 206 Å². The molecule has 0 aliphatic carbocycles. The number of anilines is 2. The van der Waals surface area contributed by atoms with Crippen LogP contribution in [-0.2, 0) is 4.79 Å².